The highest BCUT2D eigenvalue weighted by molar-refractivity contribution is 6.18. The van der Waals surface area contributed by atoms with Crippen LogP contribution in [0.15, 0.2) is 30.3 Å². The second-order valence-corrected chi connectivity index (χ2v) is 5.57. The van der Waals surface area contributed by atoms with E-state index in [1.165, 1.54) is 12.1 Å². The first-order chi connectivity index (χ1) is 9.13. The molecule has 4 heteroatoms. The number of nitrogens with one attached hydrogen (secondary N) is 1. The van der Waals surface area contributed by atoms with Gasteiger partial charge in [-0.1, -0.05) is 43.2 Å². The first-order valence-corrected chi connectivity index (χ1v) is 7.39. The average molecular weight is 288 g/mol. The van der Waals surface area contributed by atoms with Crippen LogP contribution in [0.1, 0.15) is 31.2 Å². The predicted molar refractivity (Wildman–Crippen MR) is 74.8 cm³/mol. The minimum Gasteiger partial charge on any atom is -0.308 e. The van der Waals surface area contributed by atoms with Crippen molar-refractivity contribution >= 4 is 11.6 Å². The second kappa shape index (κ2) is 6.67. The Labute approximate surface area is 118 Å². The number of hydrogen-bond donors (Lipinski definition) is 1. The molecule has 1 aliphatic rings. The zero-order valence-electron chi connectivity index (χ0n) is 10.9. The Morgan fingerprint density at radius 2 is 1.84 bits per heavy atom. The molecule has 0 aromatic heterocycles. The quantitative estimate of drug-likeness (QED) is 0.802. The maximum atomic E-state index is 14.0. The van der Waals surface area contributed by atoms with E-state index in [1.807, 2.05) is 0 Å². The summed E-state index contributed by atoms with van der Waals surface area (Å²) in [5.74, 6) is -1.95. The van der Waals surface area contributed by atoms with Crippen molar-refractivity contribution in [2.45, 2.75) is 37.6 Å². The number of alkyl halides is 3. The van der Waals surface area contributed by atoms with Gasteiger partial charge in [0.05, 0.1) is 6.54 Å². The Kier molecular flexibility index (Phi) is 5.17. The van der Waals surface area contributed by atoms with E-state index in [-0.39, 0.29) is 18.2 Å². The van der Waals surface area contributed by atoms with Gasteiger partial charge >= 0.3 is 0 Å². The molecule has 19 heavy (non-hydrogen) atoms. The summed E-state index contributed by atoms with van der Waals surface area (Å²) in [5.41, 5.74) is 0.0701. The molecule has 0 amide bonds. The molecule has 1 nitrogen and oxygen atoms in total. The molecule has 2 rings (SSSR count). The monoisotopic (exact) mass is 287 g/mol. The van der Waals surface area contributed by atoms with Crippen LogP contribution in [0.25, 0.3) is 0 Å². The van der Waals surface area contributed by atoms with Crippen molar-refractivity contribution in [3.8, 4) is 0 Å². The van der Waals surface area contributed by atoms with E-state index >= 15 is 0 Å². The third-order valence-corrected chi connectivity index (χ3v) is 4.29. The van der Waals surface area contributed by atoms with Crippen LogP contribution in [0.5, 0.6) is 0 Å². The van der Waals surface area contributed by atoms with Gasteiger partial charge in [-0.15, -0.1) is 11.6 Å². The van der Waals surface area contributed by atoms with Gasteiger partial charge in [-0.05, 0) is 18.8 Å². The molecule has 1 N–H and O–H groups in total. The summed E-state index contributed by atoms with van der Waals surface area (Å²) < 4.78 is 28.1. The topological polar surface area (TPSA) is 12.0 Å². The molecular formula is C15H20ClF2N. The standard InChI is InChI=1S/C15H20ClF2N/c16-10-12-6-4-5-9-14(12)19-11-15(17,18)13-7-2-1-3-8-13/h1-3,7-8,12,14,19H,4-6,9-11H2. The summed E-state index contributed by atoms with van der Waals surface area (Å²) in [6, 6.07) is 8.11. The smallest absolute Gasteiger partial charge is 0.285 e. The SMILES string of the molecule is FC(F)(CNC1CCCCC1CCl)c1ccccc1. The van der Waals surface area contributed by atoms with Crippen LogP contribution in [-0.2, 0) is 5.92 Å². The Balaban J connectivity index is 1.93. The molecule has 0 spiro atoms. The highest BCUT2D eigenvalue weighted by atomic mass is 35.5. The van der Waals surface area contributed by atoms with Crippen LogP contribution in [0.3, 0.4) is 0 Å². The molecule has 2 unspecified atom stereocenters. The fourth-order valence-electron chi connectivity index (χ4n) is 2.70. The molecule has 0 aliphatic heterocycles. The fourth-order valence-corrected chi connectivity index (χ4v) is 3.07. The summed E-state index contributed by atoms with van der Waals surface area (Å²) >= 11 is 5.91. The van der Waals surface area contributed by atoms with Gasteiger partial charge < -0.3 is 5.32 Å². The van der Waals surface area contributed by atoms with E-state index < -0.39 is 5.92 Å². The van der Waals surface area contributed by atoms with Crippen LogP contribution in [0.4, 0.5) is 8.78 Å². The van der Waals surface area contributed by atoms with Crippen molar-refractivity contribution in [2.24, 2.45) is 5.92 Å². The third-order valence-electron chi connectivity index (χ3n) is 3.89. The third kappa shape index (κ3) is 3.90. The fraction of sp³-hybridized carbons (Fsp3) is 0.600. The first-order valence-electron chi connectivity index (χ1n) is 6.86. The lowest BCUT2D eigenvalue weighted by molar-refractivity contribution is -0.00850. The van der Waals surface area contributed by atoms with E-state index in [0.717, 1.165) is 25.7 Å². The molecule has 0 bridgehead atoms. The molecule has 1 aromatic carbocycles. The Hall–Kier alpha value is -0.670. The van der Waals surface area contributed by atoms with Gasteiger partial charge in [0, 0.05) is 17.5 Å². The lowest BCUT2D eigenvalue weighted by Crippen LogP contribution is -2.44. The zero-order chi connectivity index (χ0) is 13.7. The molecule has 1 saturated carbocycles. The van der Waals surface area contributed by atoms with Crippen molar-refractivity contribution in [3.63, 3.8) is 0 Å². The van der Waals surface area contributed by atoms with Gasteiger partial charge in [0.2, 0.25) is 0 Å². The van der Waals surface area contributed by atoms with Gasteiger partial charge in [0.15, 0.2) is 0 Å². The summed E-state index contributed by atoms with van der Waals surface area (Å²) in [7, 11) is 0. The molecule has 1 aliphatic carbocycles. The van der Waals surface area contributed by atoms with Gasteiger partial charge in [0.1, 0.15) is 0 Å². The summed E-state index contributed by atoms with van der Waals surface area (Å²) in [4.78, 5) is 0. The summed E-state index contributed by atoms with van der Waals surface area (Å²) in [5, 5.41) is 3.03. The maximum Gasteiger partial charge on any atom is 0.285 e. The van der Waals surface area contributed by atoms with Crippen molar-refractivity contribution in [1.82, 2.24) is 5.32 Å². The molecule has 0 saturated heterocycles. The van der Waals surface area contributed by atoms with Crippen molar-refractivity contribution in [3.05, 3.63) is 35.9 Å². The largest absolute Gasteiger partial charge is 0.308 e. The Morgan fingerprint density at radius 1 is 1.16 bits per heavy atom. The molecule has 2 atom stereocenters. The summed E-state index contributed by atoms with van der Waals surface area (Å²) in [6.07, 6.45) is 4.24. The van der Waals surface area contributed by atoms with E-state index in [9.17, 15) is 8.78 Å². The highest BCUT2D eigenvalue weighted by Crippen LogP contribution is 2.29. The van der Waals surface area contributed by atoms with E-state index in [0.29, 0.717) is 11.8 Å². The molecule has 1 fully saturated rings. The minimum atomic E-state index is -2.82. The van der Waals surface area contributed by atoms with Crippen molar-refractivity contribution in [1.29, 1.82) is 0 Å². The highest BCUT2D eigenvalue weighted by Gasteiger charge is 2.33. The number of benzene rings is 1. The molecule has 1 aromatic rings. The lowest BCUT2D eigenvalue weighted by Gasteiger charge is -2.32. The second-order valence-electron chi connectivity index (χ2n) is 5.26. The van der Waals surface area contributed by atoms with E-state index in [2.05, 4.69) is 5.32 Å². The van der Waals surface area contributed by atoms with Crippen LogP contribution in [-0.4, -0.2) is 18.5 Å². The lowest BCUT2D eigenvalue weighted by atomic mass is 9.85. The molecule has 0 radical (unpaired) electrons. The van der Waals surface area contributed by atoms with Crippen LogP contribution < -0.4 is 5.32 Å². The number of hydrogen-bond acceptors (Lipinski definition) is 1. The minimum absolute atomic E-state index is 0.0701. The van der Waals surface area contributed by atoms with Crippen LogP contribution >= 0.6 is 11.6 Å². The predicted octanol–water partition coefficient (Wildman–Crippen LogP) is 4.17. The number of rotatable bonds is 5. The van der Waals surface area contributed by atoms with Gasteiger partial charge in [0.25, 0.3) is 5.92 Å². The maximum absolute atomic E-state index is 14.0. The van der Waals surface area contributed by atoms with E-state index in [1.54, 1.807) is 18.2 Å². The molecule has 0 heterocycles. The molecular weight excluding hydrogens is 268 g/mol. The Bertz CT molecular complexity index is 383. The van der Waals surface area contributed by atoms with Crippen molar-refractivity contribution < 1.29 is 8.78 Å². The van der Waals surface area contributed by atoms with Gasteiger partial charge in [-0.25, -0.2) is 0 Å². The summed E-state index contributed by atoms with van der Waals surface area (Å²) in [6.45, 7) is -0.310. The van der Waals surface area contributed by atoms with Crippen molar-refractivity contribution in [2.75, 3.05) is 12.4 Å². The van der Waals surface area contributed by atoms with Crippen LogP contribution in [0, 0.1) is 5.92 Å². The van der Waals surface area contributed by atoms with E-state index in [4.69, 9.17) is 11.6 Å². The average Bonchev–Trinajstić information content (AvgIpc) is 2.46. The normalized spacial score (nSPS) is 24.4. The number of halogens is 3. The van der Waals surface area contributed by atoms with Gasteiger partial charge in [-0.3, -0.25) is 0 Å². The molecule has 106 valence electrons. The zero-order valence-corrected chi connectivity index (χ0v) is 11.7. The Morgan fingerprint density at radius 3 is 2.53 bits per heavy atom. The first kappa shape index (κ1) is 14.7. The van der Waals surface area contributed by atoms with Crippen LogP contribution in [0.2, 0.25) is 0 Å². The van der Waals surface area contributed by atoms with Gasteiger partial charge in [-0.2, -0.15) is 8.78 Å².